The van der Waals surface area contributed by atoms with E-state index in [1.807, 2.05) is 30.3 Å². The Kier molecular flexibility index (Phi) is 1.27. The smallest absolute Gasteiger partial charge is 0.245 e. The Morgan fingerprint density at radius 1 is 1.05 bits per heavy atom. The molecule has 1 spiro atoms. The summed E-state index contributed by atoms with van der Waals surface area (Å²) in [5.74, 6) is 3.03. The Balaban J connectivity index is 1.57. The standard InChI is InChI=1S/C17H13N3O2/c21-15-18(8-4-2-1-3-5-8)16(22)20-17-9(6-7-10(17)19(15)20)11-12-13(11)14(12)17/h1-6,10-14H,7H2/t10-,11?,12+,13?,14?,17+/m0/s1. The van der Waals surface area contributed by atoms with Crippen molar-refractivity contribution in [2.45, 2.75) is 18.0 Å². The topological polar surface area (TPSA) is 48.9 Å². The van der Waals surface area contributed by atoms with Crippen molar-refractivity contribution in [1.29, 1.82) is 0 Å². The molecule has 0 amide bonds. The fraction of sp³-hybridized carbons (Fsp3) is 0.412. The molecule has 5 heteroatoms. The molecule has 6 aliphatic rings. The molecule has 5 nitrogen and oxygen atoms in total. The van der Waals surface area contributed by atoms with E-state index in [2.05, 4.69) is 6.08 Å². The van der Waals surface area contributed by atoms with Gasteiger partial charge in [-0.15, -0.1) is 0 Å². The Labute approximate surface area is 125 Å². The van der Waals surface area contributed by atoms with Crippen LogP contribution in [0.1, 0.15) is 12.5 Å². The molecule has 8 rings (SSSR count). The maximum absolute atomic E-state index is 13.0. The van der Waals surface area contributed by atoms with Crippen molar-refractivity contribution < 1.29 is 0 Å². The maximum Gasteiger partial charge on any atom is 0.352 e. The Morgan fingerprint density at radius 3 is 2.59 bits per heavy atom. The SMILES string of the molecule is O=c1n(-c2ccccc2)c(=O)n2n1[C@H]1CC=C3C4C5C([C@H]45)[C@@]312. The van der Waals surface area contributed by atoms with Gasteiger partial charge >= 0.3 is 11.4 Å². The van der Waals surface area contributed by atoms with Gasteiger partial charge in [0.1, 0.15) is 5.54 Å². The third-order valence-electron chi connectivity index (χ3n) is 6.86. The summed E-state index contributed by atoms with van der Waals surface area (Å²) in [6.07, 6.45) is 3.24. The number of allylic oxidation sites excluding steroid dienone is 2. The van der Waals surface area contributed by atoms with Crippen LogP contribution in [-0.2, 0) is 5.54 Å². The predicted octanol–water partition coefficient (Wildman–Crippen LogP) is 0.886. The highest BCUT2D eigenvalue weighted by molar-refractivity contribution is 5.56. The van der Waals surface area contributed by atoms with E-state index >= 15 is 0 Å². The van der Waals surface area contributed by atoms with Crippen LogP contribution in [0, 0.1) is 23.7 Å². The zero-order valence-electron chi connectivity index (χ0n) is 11.7. The van der Waals surface area contributed by atoms with E-state index in [4.69, 9.17) is 0 Å². The second-order valence-corrected chi connectivity index (χ2v) is 7.34. The molecular formula is C17H13N3O2. The number of fused-ring (bicyclic) bond motifs is 2. The molecule has 4 fully saturated rings. The van der Waals surface area contributed by atoms with Gasteiger partial charge < -0.3 is 0 Å². The van der Waals surface area contributed by atoms with E-state index in [9.17, 15) is 9.59 Å². The molecule has 2 aromatic rings. The summed E-state index contributed by atoms with van der Waals surface area (Å²) in [4.78, 5) is 25.8. The van der Waals surface area contributed by atoms with Crippen LogP contribution >= 0.6 is 0 Å². The molecule has 6 atom stereocenters. The van der Waals surface area contributed by atoms with Crippen molar-refractivity contribution in [2.24, 2.45) is 23.7 Å². The van der Waals surface area contributed by atoms with Crippen LogP contribution in [0.25, 0.3) is 5.69 Å². The number of aromatic nitrogens is 3. The summed E-state index contributed by atoms with van der Waals surface area (Å²) in [6, 6.07) is 9.47. The van der Waals surface area contributed by atoms with Gasteiger partial charge in [0.15, 0.2) is 0 Å². The number of para-hydroxylation sites is 1. The zero-order chi connectivity index (χ0) is 14.4. The zero-order valence-corrected chi connectivity index (χ0v) is 11.7. The lowest BCUT2D eigenvalue weighted by atomic mass is 9.84. The van der Waals surface area contributed by atoms with Crippen LogP contribution in [0.5, 0.6) is 0 Å². The van der Waals surface area contributed by atoms with E-state index < -0.39 is 0 Å². The molecular weight excluding hydrogens is 278 g/mol. The van der Waals surface area contributed by atoms with Gasteiger partial charge in [0, 0.05) is 0 Å². The molecule has 3 unspecified atom stereocenters. The van der Waals surface area contributed by atoms with Gasteiger partial charge in [-0.25, -0.2) is 23.5 Å². The first-order chi connectivity index (χ1) is 10.8. The molecule has 0 N–H and O–H groups in total. The van der Waals surface area contributed by atoms with E-state index in [0.29, 0.717) is 11.6 Å². The first-order valence-electron chi connectivity index (χ1n) is 8.01. The molecule has 1 aromatic heterocycles. The maximum atomic E-state index is 13.0. The van der Waals surface area contributed by atoms with Crippen molar-refractivity contribution in [3.63, 3.8) is 0 Å². The highest BCUT2D eigenvalue weighted by Gasteiger charge is 2.92. The van der Waals surface area contributed by atoms with E-state index in [1.165, 1.54) is 10.1 Å². The minimum absolute atomic E-state index is 0.115. The number of hydrogen-bond acceptors (Lipinski definition) is 2. The first kappa shape index (κ1) is 10.4. The van der Waals surface area contributed by atoms with Crippen molar-refractivity contribution >= 4 is 0 Å². The Morgan fingerprint density at radius 2 is 1.82 bits per heavy atom. The lowest BCUT2D eigenvalue weighted by Crippen LogP contribution is -2.60. The van der Waals surface area contributed by atoms with Gasteiger partial charge in [-0.1, -0.05) is 24.3 Å². The Hall–Kier alpha value is -2.30. The molecule has 2 bridgehead atoms. The van der Waals surface area contributed by atoms with Crippen LogP contribution < -0.4 is 11.4 Å². The van der Waals surface area contributed by atoms with Crippen LogP contribution in [-0.4, -0.2) is 13.9 Å². The highest BCUT2D eigenvalue weighted by Crippen LogP contribution is 2.92. The fourth-order valence-corrected chi connectivity index (χ4v) is 6.11. The van der Waals surface area contributed by atoms with Crippen molar-refractivity contribution in [3.05, 3.63) is 62.9 Å². The minimum atomic E-state index is -0.180. The van der Waals surface area contributed by atoms with Gasteiger partial charge in [0.05, 0.1) is 11.7 Å². The highest BCUT2D eigenvalue weighted by atomic mass is 16.2. The summed E-state index contributed by atoms with van der Waals surface area (Å²) in [5.41, 5.74) is 1.69. The predicted molar refractivity (Wildman–Crippen MR) is 78.0 cm³/mol. The van der Waals surface area contributed by atoms with Gasteiger partial charge in [-0.05, 0) is 47.8 Å². The molecule has 1 aromatic carbocycles. The lowest BCUT2D eigenvalue weighted by molar-refractivity contribution is 0.0399. The molecule has 4 saturated carbocycles. The second kappa shape index (κ2) is 2.69. The molecule has 108 valence electrons. The van der Waals surface area contributed by atoms with Crippen LogP contribution in [0.2, 0.25) is 0 Å². The number of nitrogens with zero attached hydrogens (tertiary/aromatic N) is 3. The van der Waals surface area contributed by atoms with E-state index in [1.54, 1.807) is 9.36 Å². The largest absolute Gasteiger partial charge is 0.352 e. The van der Waals surface area contributed by atoms with Crippen LogP contribution in [0.15, 0.2) is 51.6 Å². The summed E-state index contributed by atoms with van der Waals surface area (Å²) in [7, 11) is 0. The minimum Gasteiger partial charge on any atom is -0.245 e. The molecule has 2 heterocycles. The summed E-state index contributed by atoms with van der Waals surface area (Å²) in [6.45, 7) is 0. The van der Waals surface area contributed by atoms with Gasteiger partial charge in [0.2, 0.25) is 0 Å². The average molecular weight is 291 g/mol. The normalized spacial score (nSPS) is 43.6. The first-order valence-corrected chi connectivity index (χ1v) is 8.01. The number of hydrogen-bond donors (Lipinski definition) is 0. The third kappa shape index (κ3) is 0.722. The summed E-state index contributed by atoms with van der Waals surface area (Å²) in [5, 5.41) is 0. The molecule has 0 radical (unpaired) electrons. The second-order valence-electron chi connectivity index (χ2n) is 7.34. The van der Waals surface area contributed by atoms with Gasteiger partial charge in [-0.2, -0.15) is 0 Å². The molecule has 0 saturated heterocycles. The lowest BCUT2D eigenvalue weighted by Gasteiger charge is -2.46. The molecule has 1 aliphatic heterocycles. The fourth-order valence-electron chi connectivity index (χ4n) is 6.11. The van der Waals surface area contributed by atoms with Gasteiger partial charge in [-0.3, -0.25) is 0 Å². The average Bonchev–Trinajstić information content (AvgIpc) is 3.27. The quantitative estimate of drug-likeness (QED) is 0.733. The van der Waals surface area contributed by atoms with Crippen molar-refractivity contribution in [1.82, 2.24) is 13.9 Å². The number of rotatable bonds is 1. The van der Waals surface area contributed by atoms with Crippen LogP contribution in [0.3, 0.4) is 0 Å². The third-order valence-corrected chi connectivity index (χ3v) is 6.86. The number of benzene rings is 1. The van der Waals surface area contributed by atoms with Crippen molar-refractivity contribution in [3.8, 4) is 5.69 Å². The van der Waals surface area contributed by atoms with E-state index in [0.717, 1.165) is 24.2 Å². The molecule has 22 heavy (non-hydrogen) atoms. The summed E-state index contributed by atoms with van der Waals surface area (Å²) < 4.78 is 4.87. The molecule has 5 aliphatic carbocycles. The van der Waals surface area contributed by atoms with Crippen molar-refractivity contribution in [2.75, 3.05) is 0 Å². The summed E-state index contributed by atoms with van der Waals surface area (Å²) >= 11 is 0. The Bertz CT molecular complexity index is 1030. The van der Waals surface area contributed by atoms with Gasteiger partial charge in [0.25, 0.3) is 0 Å². The van der Waals surface area contributed by atoms with E-state index in [-0.39, 0.29) is 23.0 Å². The van der Waals surface area contributed by atoms with Crippen LogP contribution in [0.4, 0.5) is 0 Å². The monoisotopic (exact) mass is 291 g/mol.